The Morgan fingerprint density at radius 3 is 2.17 bits per heavy atom. The van der Waals surface area contributed by atoms with Gasteiger partial charge in [-0.1, -0.05) is 78.8 Å². The van der Waals surface area contributed by atoms with Crippen LogP contribution in [0.15, 0.2) is 41.5 Å². The maximum atomic E-state index is 12.7. The molecule has 0 unspecified atom stereocenters. The van der Waals surface area contributed by atoms with Crippen molar-refractivity contribution >= 4 is 26.0 Å². The average Bonchev–Trinajstić information content (AvgIpc) is 3.05. The molecule has 1 aliphatic heterocycles. The number of benzene rings is 1. The summed E-state index contributed by atoms with van der Waals surface area (Å²) in [5, 5.41) is 0. The molecule has 1 fully saturated rings. The topological polar surface area (TPSA) is 29.5 Å². The number of hydrogen-bond acceptors (Lipinski definition) is 3. The maximum absolute atomic E-state index is 12.7. The van der Waals surface area contributed by atoms with E-state index in [-0.39, 0.29) is 17.9 Å². The highest BCUT2D eigenvalue weighted by Crippen LogP contribution is 2.43. The third-order valence-corrected chi connectivity index (χ3v) is 13.8. The van der Waals surface area contributed by atoms with Gasteiger partial charge >= 0.3 is 0 Å². The van der Waals surface area contributed by atoms with Crippen molar-refractivity contribution in [2.75, 3.05) is 6.26 Å². The van der Waals surface area contributed by atoms with Crippen molar-refractivity contribution in [2.24, 2.45) is 5.92 Å². The Balaban J connectivity index is 2.24. The molecule has 3 nitrogen and oxygen atoms in total. The summed E-state index contributed by atoms with van der Waals surface area (Å²) >= 11 is 1.77. The van der Waals surface area contributed by atoms with Gasteiger partial charge in [-0.2, -0.15) is 0 Å². The Hall–Kier alpha value is -1.20. The number of carbonyl (C=O) groups is 1. The summed E-state index contributed by atoms with van der Waals surface area (Å²) in [7, 11) is -1.95. The average molecular weight is 448 g/mol. The number of rotatable bonds is 10. The molecule has 2 rings (SSSR count). The molecule has 1 saturated heterocycles. The smallest absolute Gasteiger partial charge is 0.258 e. The fraction of sp³-hybridized carbons (Fsp3) is 0.640. The van der Waals surface area contributed by atoms with E-state index in [2.05, 4.69) is 78.0 Å². The van der Waals surface area contributed by atoms with Gasteiger partial charge in [-0.15, -0.1) is 11.8 Å². The lowest BCUT2D eigenvalue weighted by molar-refractivity contribution is -0.129. The molecule has 5 heteroatoms. The summed E-state index contributed by atoms with van der Waals surface area (Å²) in [6, 6.07) is 10.6. The fourth-order valence-corrected chi connectivity index (χ4v) is 11.3. The minimum Gasteiger partial charge on any atom is -0.547 e. The molecule has 0 saturated carbocycles. The van der Waals surface area contributed by atoms with Gasteiger partial charge in [0.1, 0.15) is 0 Å². The molecule has 0 bridgehead atoms. The largest absolute Gasteiger partial charge is 0.547 e. The van der Waals surface area contributed by atoms with Crippen LogP contribution in [-0.2, 0) is 15.8 Å². The van der Waals surface area contributed by atoms with Crippen molar-refractivity contribution < 1.29 is 9.22 Å². The van der Waals surface area contributed by atoms with Gasteiger partial charge in [0, 0.05) is 29.8 Å². The van der Waals surface area contributed by atoms with E-state index >= 15 is 0 Å². The Bertz CT molecular complexity index is 695. The summed E-state index contributed by atoms with van der Waals surface area (Å²) in [5.41, 5.74) is 2.85. The van der Waals surface area contributed by atoms with E-state index in [0.717, 1.165) is 6.42 Å². The number of carbonyl (C=O) groups excluding carboxylic acids is 1. The van der Waals surface area contributed by atoms with Crippen LogP contribution in [0.25, 0.3) is 0 Å². The van der Waals surface area contributed by atoms with Crippen LogP contribution in [0.4, 0.5) is 0 Å². The molecule has 1 heterocycles. The van der Waals surface area contributed by atoms with E-state index in [9.17, 15) is 4.79 Å². The Morgan fingerprint density at radius 2 is 1.67 bits per heavy atom. The second-order valence-corrected chi connectivity index (χ2v) is 15.8. The van der Waals surface area contributed by atoms with Gasteiger partial charge in [-0.3, -0.25) is 4.79 Å². The summed E-state index contributed by atoms with van der Waals surface area (Å²) < 4.78 is 6.78. The van der Waals surface area contributed by atoms with Crippen molar-refractivity contribution in [2.45, 2.75) is 90.5 Å². The predicted molar refractivity (Wildman–Crippen MR) is 133 cm³/mol. The van der Waals surface area contributed by atoms with Crippen LogP contribution in [0.3, 0.4) is 0 Å². The van der Waals surface area contributed by atoms with E-state index < -0.39 is 8.32 Å². The van der Waals surface area contributed by atoms with Crippen molar-refractivity contribution in [3.63, 3.8) is 0 Å². The zero-order chi connectivity index (χ0) is 22.5. The summed E-state index contributed by atoms with van der Waals surface area (Å²) in [5.74, 6) is 0.542. The van der Waals surface area contributed by atoms with Gasteiger partial charge in [-0.25, -0.2) is 0 Å². The Kier molecular flexibility index (Phi) is 9.10. The quantitative estimate of drug-likeness (QED) is 0.280. The van der Waals surface area contributed by atoms with Gasteiger partial charge in [0.05, 0.1) is 6.26 Å². The molecule has 1 aromatic rings. The third kappa shape index (κ3) is 5.34. The molecule has 168 valence electrons. The first-order chi connectivity index (χ1) is 14.1. The predicted octanol–water partition coefficient (Wildman–Crippen LogP) is 7.21. The number of likely N-dealkylation sites (tertiary alicyclic amines) is 1. The number of thioether (sulfide) groups is 1. The molecule has 2 atom stereocenters. The van der Waals surface area contributed by atoms with Crippen LogP contribution >= 0.6 is 11.8 Å². The van der Waals surface area contributed by atoms with Crippen LogP contribution in [0.5, 0.6) is 0 Å². The van der Waals surface area contributed by atoms with E-state index in [1.807, 2.05) is 18.2 Å². The SMILES string of the molecule is CS/C(=C\O[Si](C(C)C)(C(C)C)C(C)C)[C@H](C)[C@@H]1CCC(=O)N1Cc1ccccc1. The summed E-state index contributed by atoms with van der Waals surface area (Å²) in [6.07, 6.45) is 5.78. The third-order valence-electron chi connectivity index (χ3n) is 6.92. The highest BCUT2D eigenvalue weighted by Gasteiger charge is 2.46. The molecule has 30 heavy (non-hydrogen) atoms. The summed E-state index contributed by atoms with van der Waals surface area (Å²) in [4.78, 5) is 16.0. The second-order valence-electron chi connectivity index (χ2n) is 9.56. The van der Waals surface area contributed by atoms with Gasteiger partial charge < -0.3 is 9.33 Å². The highest BCUT2D eigenvalue weighted by molar-refractivity contribution is 8.02. The number of nitrogens with zero attached hydrogens (tertiary/aromatic N) is 1. The monoisotopic (exact) mass is 447 g/mol. The lowest BCUT2D eigenvalue weighted by Crippen LogP contribution is -2.46. The Labute approximate surface area is 189 Å². The van der Waals surface area contributed by atoms with Crippen LogP contribution < -0.4 is 0 Å². The first-order valence-electron chi connectivity index (χ1n) is 11.4. The van der Waals surface area contributed by atoms with Crippen LogP contribution in [0.2, 0.25) is 16.6 Å². The van der Waals surface area contributed by atoms with Crippen molar-refractivity contribution in [3.8, 4) is 0 Å². The molecule has 1 aliphatic rings. The molecule has 0 aromatic heterocycles. The van der Waals surface area contributed by atoms with Crippen molar-refractivity contribution in [1.82, 2.24) is 4.90 Å². The zero-order valence-electron chi connectivity index (χ0n) is 20.1. The van der Waals surface area contributed by atoms with Crippen molar-refractivity contribution in [3.05, 3.63) is 47.1 Å². The van der Waals surface area contributed by atoms with Gasteiger partial charge in [0.25, 0.3) is 8.32 Å². The number of hydrogen-bond donors (Lipinski definition) is 0. The molecule has 0 spiro atoms. The van der Waals surface area contributed by atoms with E-state index in [0.29, 0.717) is 29.6 Å². The highest BCUT2D eigenvalue weighted by atomic mass is 32.2. The van der Waals surface area contributed by atoms with Crippen LogP contribution in [0.1, 0.15) is 66.9 Å². The minimum atomic E-state index is -1.95. The zero-order valence-corrected chi connectivity index (χ0v) is 22.0. The van der Waals surface area contributed by atoms with Gasteiger partial charge in [-0.05, 0) is 34.9 Å². The Morgan fingerprint density at radius 1 is 1.10 bits per heavy atom. The molecule has 1 aromatic carbocycles. The lowest BCUT2D eigenvalue weighted by Gasteiger charge is -2.41. The molecule has 1 amide bonds. The fourth-order valence-electron chi connectivity index (χ4n) is 5.36. The molecule has 0 radical (unpaired) electrons. The van der Waals surface area contributed by atoms with Crippen LogP contribution in [-0.4, -0.2) is 31.4 Å². The minimum absolute atomic E-state index is 0.230. The normalized spacial score (nSPS) is 19.3. The van der Waals surface area contributed by atoms with Crippen LogP contribution in [0, 0.1) is 5.92 Å². The molecular formula is C25H41NO2SSi. The van der Waals surface area contributed by atoms with E-state index in [1.165, 1.54) is 10.5 Å². The first-order valence-corrected chi connectivity index (χ1v) is 14.8. The first kappa shape index (κ1) is 25.1. The second kappa shape index (κ2) is 10.9. The van der Waals surface area contributed by atoms with E-state index in [1.54, 1.807) is 11.8 Å². The van der Waals surface area contributed by atoms with E-state index in [4.69, 9.17) is 4.43 Å². The summed E-state index contributed by atoms with van der Waals surface area (Å²) in [6.45, 7) is 16.9. The number of amides is 1. The van der Waals surface area contributed by atoms with Gasteiger partial charge in [0.15, 0.2) is 0 Å². The van der Waals surface area contributed by atoms with Gasteiger partial charge in [0.2, 0.25) is 5.91 Å². The maximum Gasteiger partial charge on any atom is 0.258 e. The van der Waals surface area contributed by atoms with Crippen molar-refractivity contribution in [1.29, 1.82) is 0 Å². The molecule has 0 aliphatic carbocycles. The lowest BCUT2D eigenvalue weighted by atomic mass is 9.99. The standard InChI is InChI=1S/C25H41NO2SSi/c1-18(2)30(19(3)4,20(5)6)28-17-24(29-8)21(7)23-14-15-25(27)26(23)16-22-12-10-9-11-13-22/h9-13,17-21,23H,14-16H2,1-8H3/b24-17-/t21-,23+/m1/s1. The molecule has 0 N–H and O–H groups in total. The molecular weight excluding hydrogens is 406 g/mol.